The fourth-order valence-electron chi connectivity index (χ4n) is 2.05. The number of carbonyl (C=O) groups excluding carboxylic acids is 1. The van der Waals surface area contributed by atoms with Crippen LogP contribution in [0.25, 0.3) is 0 Å². The second-order valence-corrected chi connectivity index (χ2v) is 4.33. The lowest BCUT2D eigenvalue weighted by atomic mass is 10.1. The molecule has 0 radical (unpaired) electrons. The number of likely N-dealkylation sites (tertiary alicyclic amines) is 1. The highest BCUT2D eigenvalue weighted by molar-refractivity contribution is 5.81. The zero-order chi connectivity index (χ0) is 11.4. The van der Waals surface area contributed by atoms with Gasteiger partial charge < -0.3 is 5.11 Å². The molecule has 3 nitrogen and oxygen atoms in total. The van der Waals surface area contributed by atoms with Crippen molar-refractivity contribution in [2.24, 2.45) is 0 Å². The lowest BCUT2D eigenvalue weighted by Crippen LogP contribution is -2.34. The van der Waals surface area contributed by atoms with Crippen molar-refractivity contribution in [3.8, 4) is 0 Å². The van der Waals surface area contributed by atoms with Crippen molar-refractivity contribution in [3.05, 3.63) is 35.4 Å². The highest BCUT2D eigenvalue weighted by Crippen LogP contribution is 2.12. The van der Waals surface area contributed by atoms with Gasteiger partial charge in [-0.1, -0.05) is 24.3 Å². The van der Waals surface area contributed by atoms with E-state index in [1.165, 1.54) is 5.56 Å². The van der Waals surface area contributed by atoms with Gasteiger partial charge in [-0.2, -0.15) is 0 Å². The smallest absolute Gasteiger partial charge is 0.146 e. The number of ketones is 1. The molecule has 16 heavy (non-hydrogen) atoms. The SMILES string of the molecule is O=C1CCCN(Cc2ccc(CO)cc2)C1. The van der Waals surface area contributed by atoms with Crippen molar-refractivity contribution in [2.45, 2.75) is 26.0 Å². The van der Waals surface area contributed by atoms with Crippen molar-refractivity contribution < 1.29 is 9.90 Å². The van der Waals surface area contributed by atoms with E-state index in [0.29, 0.717) is 12.3 Å². The van der Waals surface area contributed by atoms with E-state index < -0.39 is 0 Å². The number of carbonyl (C=O) groups is 1. The van der Waals surface area contributed by atoms with E-state index >= 15 is 0 Å². The zero-order valence-electron chi connectivity index (χ0n) is 9.35. The Morgan fingerprint density at radius 3 is 2.50 bits per heavy atom. The minimum absolute atomic E-state index is 0.0858. The van der Waals surface area contributed by atoms with Crippen LogP contribution in [0.2, 0.25) is 0 Å². The van der Waals surface area contributed by atoms with Gasteiger partial charge in [-0.05, 0) is 24.1 Å². The summed E-state index contributed by atoms with van der Waals surface area (Å²) in [7, 11) is 0. The molecule has 0 bridgehead atoms. The van der Waals surface area contributed by atoms with Gasteiger partial charge in [0.05, 0.1) is 13.2 Å². The molecule has 1 aliphatic rings. The van der Waals surface area contributed by atoms with Crippen LogP contribution in [0.15, 0.2) is 24.3 Å². The minimum atomic E-state index is 0.0858. The van der Waals surface area contributed by atoms with Crippen LogP contribution >= 0.6 is 0 Å². The third kappa shape index (κ3) is 2.90. The summed E-state index contributed by atoms with van der Waals surface area (Å²) >= 11 is 0. The van der Waals surface area contributed by atoms with Crippen LogP contribution in [0, 0.1) is 0 Å². The Hall–Kier alpha value is -1.19. The first kappa shape index (κ1) is 11.3. The summed E-state index contributed by atoms with van der Waals surface area (Å²) in [5.41, 5.74) is 2.13. The molecule has 0 aliphatic carbocycles. The molecular formula is C13H17NO2. The molecule has 1 aromatic rings. The molecule has 1 aromatic carbocycles. The topological polar surface area (TPSA) is 40.5 Å². The number of hydrogen-bond acceptors (Lipinski definition) is 3. The minimum Gasteiger partial charge on any atom is -0.392 e. The quantitative estimate of drug-likeness (QED) is 0.834. The van der Waals surface area contributed by atoms with Crippen LogP contribution < -0.4 is 0 Å². The molecule has 0 aromatic heterocycles. The Morgan fingerprint density at radius 2 is 1.88 bits per heavy atom. The average molecular weight is 219 g/mol. The number of Topliss-reactive ketones (excluding diaryl/α,β-unsaturated/α-hetero) is 1. The summed E-state index contributed by atoms with van der Waals surface area (Å²) in [5, 5.41) is 8.93. The van der Waals surface area contributed by atoms with E-state index in [2.05, 4.69) is 4.90 Å². The third-order valence-electron chi connectivity index (χ3n) is 2.94. The molecule has 0 unspecified atom stereocenters. The molecule has 1 aliphatic heterocycles. The molecule has 3 heteroatoms. The number of benzene rings is 1. The Balaban J connectivity index is 1.94. The number of hydrogen-bond donors (Lipinski definition) is 1. The predicted octanol–water partition coefficient (Wildman–Crippen LogP) is 1.34. The molecule has 1 heterocycles. The largest absolute Gasteiger partial charge is 0.392 e. The molecule has 0 amide bonds. The lowest BCUT2D eigenvalue weighted by Gasteiger charge is -2.25. The maximum atomic E-state index is 11.3. The molecule has 0 atom stereocenters. The molecule has 1 saturated heterocycles. The van der Waals surface area contributed by atoms with Crippen LogP contribution in [-0.4, -0.2) is 28.9 Å². The van der Waals surface area contributed by atoms with Gasteiger partial charge in [0.15, 0.2) is 0 Å². The molecule has 0 saturated carbocycles. The maximum absolute atomic E-state index is 11.3. The average Bonchev–Trinajstić information content (AvgIpc) is 2.30. The van der Waals surface area contributed by atoms with Crippen molar-refractivity contribution in [2.75, 3.05) is 13.1 Å². The van der Waals surface area contributed by atoms with Gasteiger partial charge in [0.2, 0.25) is 0 Å². The van der Waals surface area contributed by atoms with E-state index in [-0.39, 0.29) is 6.61 Å². The van der Waals surface area contributed by atoms with E-state index in [0.717, 1.165) is 31.5 Å². The van der Waals surface area contributed by atoms with Gasteiger partial charge in [-0.15, -0.1) is 0 Å². The monoisotopic (exact) mass is 219 g/mol. The molecule has 86 valence electrons. The zero-order valence-corrected chi connectivity index (χ0v) is 9.35. The Morgan fingerprint density at radius 1 is 1.19 bits per heavy atom. The highest BCUT2D eigenvalue weighted by atomic mass is 16.3. The normalized spacial score (nSPS) is 17.7. The van der Waals surface area contributed by atoms with Gasteiger partial charge >= 0.3 is 0 Å². The number of nitrogens with zero attached hydrogens (tertiary/aromatic N) is 1. The summed E-state index contributed by atoms with van der Waals surface area (Å²) in [6, 6.07) is 7.90. The first-order chi connectivity index (χ1) is 7.78. The number of piperidine rings is 1. The molecule has 2 rings (SSSR count). The molecule has 0 spiro atoms. The highest BCUT2D eigenvalue weighted by Gasteiger charge is 2.16. The molecular weight excluding hydrogens is 202 g/mol. The maximum Gasteiger partial charge on any atom is 0.146 e. The van der Waals surface area contributed by atoms with Crippen LogP contribution in [0.3, 0.4) is 0 Å². The van der Waals surface area contributed by atoms with Gasteiger partial charge in [-0.25, -0.2) is 0 Å². The van der Waals surface area contributed by atoms with E-state index in [4.69, 9.17) is 5.11 Å². The first-order valence-corrected chi connectivity index (χ1v) is 5.70. The van der Waals surface area contributed by atoms with Crippen LogP contribution in [-0.2, 0) is 17.9 Å². The first-order valence-electron chi connectivity index (χ1n) is 5.70. The van der Waals surface area contributed by atoms with Gasteiger partial charge in [0, 0.05) is 13.0 Å². The van der Waals surface area contributed by atoms with Crippen molar-refractivity contribution in [3.63, 3.8) is 0 Å². The summed E-state index contributed by atoms with van der Waals surface area (Å²) in [6.45, 7) is 2.51. The fraction of sp³-hybridized carbons (Fsp3) is 0.462. The second kappa shape index (κ2) is 5.23. The summed E-state index contributed by atoms with van der Waals surface area (Å²) in [4.78, 5) is 13.5. The summed E-state index contributed by atoms with van der Waals surface area (Å²) in [5.74, 6) is 0.346. The fourth-order valence-corrected chi connectivity index (χ4v) is 2.05. The summed E-state index contributed by atoms with van der Waals surface area (Å²) in [6.07, 6.45) is 1.72. The van der Waals surface area contributed by atoms with Gasteiger partial charge in [-0.3, -0.25) is 9.69 Å². The Labute approximate surface area is 95.7 Å². The van der Waals surface area contributed by atoms with Gasteiger partial charge in [0.1, 0.15) is 5.78 Å². The number of aliphatic hydroxyl groups excluding tert-OH is 1. The van der Waals surface area contributed by atoms with Crippen molar-refractivity contribution >= 4 is 5.78 Å². The number of aliphatic hydroxyl groups is 1. The van der Waals surface area contributed by atoms with E-state index in [1.54, 1.807) is 0 Å². The van der Waals surface area contributed by atoms with E-state index in [9.17, 15) is 4.79 Å². The standard InChI is InChI=1S/C13H17NO2/c15-10-12-5-3-11(4-6-12)8-14-7-1-2-13(16)9-14/h3-6,15H,1-2,7-10H2. The Kier molecular flexibility index (Phi) is 3.70. The lowest BCUT2D eigenvalue weighted by molar-refractivity contribution is -0.122. The Bertz CT molecular complexity index is 359. The molecule has 1 N–H and O–H groups in total. The van der Waals surface area contributed by atoms with E-state index in [1.807, 2.05) is 24.3 Å². The van der Waals surface area contributed by atoms with Crippen LogP contribution in [0.4, 0.5) is 0 Å². The second-order valence-electron chi connectivity index (χ2n) is 4.33. The van der Waals surface area contributed by atoms with Crippen molar-refractivity contribution in [1.29, 1.82) is 0 Å². The van der Waals surface area contributed by atoms with Crippen LogP contribution in [0.5, 0.6) is 0 Å². The molecule has 1 fully saturated rings. The summed E-state index contributed by atoms with van der Waals surface area (Å²) < 4.78 is 0. The van der Waals surface area contributed by atoms with Crippen LogP contribution in [0.1, 0.15) is 24.0 Å². The third-order valence-corrected chi connectivity index (χ3v) is 2.94. The van der Waals surface area contributed by atoms with Crippen molar-refractivity contribution in [1.82, 2.24) is 4.90 Å². The predicted molar refractivity (Wildman–Crippen MR) is 61.9 cm³/mol. The van der Waals surface area contributed by atoms with Gasteiger partial charge in [0.25, 0.3) is 0 Å². The number of rotatable bonds is 3.